The molecule has 1 heterocycles. The third kappa shape index (κ3) is 4.99. The van der Waals surface area contributed by atoms with Gasteiger partial charge in [-0.25, -0.2) is 4.68 Å². The zero-order chi connectivity index (χ0) is 12.5. The Morgan fingerprint density at radius 3 is 2.88 bits per heavy atom. The quantitative estimate of drug-likeness (QED) is 0.698. The van der Waals surface area contributed by atoms with E-state index in [4.69, 9.17) is 4.74 Å². The highest BCUT2D eigenvalue weighted by atomic mass is 16.5. The van der Waals surface area contributed by atoms with Crippen LogP contribution in [0.25, 0.3) is 0 Å². The second kappa shape index (κ2) is 7.84. The van der Waals surface area contributed by atoms with E-state index in [1.165, 1.54) is 4.68 Å². The van der Waals surface area contributed by atoms with Crippen LogP contribution in [0.3, 0.4) is 0 Å². The van der Waals surface area contributed by atoms with Crippen LogP contribution in [-0.4, -0.2) is 29.5 Å². The van der Waals surface area contributed by atoms with Crippen LogP contribution in [0.15, 0.2) is 17.1 Å². The van der Waals surface area contributed by atoms with Gasteiger partial charge in [0, 0.05) is 19.2 Å². The number of hydrogen-bond acceptors (Lipinski definition) is 4. The lowest BCUT2D eigenvalue weighted by Gasteiger charge is -2.07. The maximum Gasteiger partial charge on any atom is 0.268 e. The Balaban J connectivity index is 2.41. The van der Waals surface area contributed by atoms with Gasteiger partial charge >= 0.3 is 0 Å². The summed E-state index contributed by atoms with van der Waals surface area (Å²) in [5, 5.41) is 7.13. The van der Waals surface area contributed by atoms with Gasteiger partial charge in [0.25, 0.3) is 5.56 Å². The zero-order valence-electron chi connectivity index (χ0n) is 10.6. The van der Waals surface area contributed by atoms with Crippen LogP contribution >= 0.6 is 0 Å². The van der Waals surface area contributed by atoms with Crippen molar-refractivity contribution in [1.29, 1.82) is 0 Å². The third-order valence-electron chi connectivity index (χ3n) is 2.34. The molecule has 5 nitrogen and oxygen atoms in total. The molecule has 96 valence electrons. The van der Waals surface area contributed by atoms with Gasteiger partial charge in [0.15, 0.2) is 0 Å². The first-order valence-electron chi connectivity index (χ1n) is 6.16. The molecule has 0 aliphatic rings. The van der Waals surface area contributed by atoms with Crippen LogP contribution in [-0.2, 0) is 11.3 Å². The fourth-order valence-electron chi connectivity index (χ4n) is 1.40. The molecule has 1 N–H and O–H groups in total. The standard InChI is InChI=1S/C12H21N3O2/c1-3-5-7-17-8-6-15-12(16)9-11(10-14-15)13-4-2/h9-10,13H,3-8H2,1-2H3. The molecule has 0 saturated heterocycles. The summed E-state index contributed by atoms with van der Waals surface area (Å²) < 4.78 is 6.82. The first-order chi connectivity index (χ1) is 8.27. The highest BCUT2D eigenvalue weighted by Crippen LogP contribution is 1.98. The maximum atomic E-state index is 11.6. The number of anilines is 1. The van der Waals surface area contributed by atoms with E-state index in [0.717, 1.165) is 31.7 Å². The van der Waals surface area contributed by atoms with Crippen LogP contribution < -0.4 is 10.9 Å². The summed E-state index contributed by atoms with van der Waals surface area (Å²) in [4.78, 5) is 11.6. The van der Waals surface area contributed by atoms with Gasteiger partial charge in [-0.2, -0.15) is 5.10 Å². The minimum atomic E-state index is -0.0949. The summed E-state index contributed by atoms with van der Waals surface area (Å²) in [5.41, 5.74) is 0.670. The van der Waals surface area contributed by atoms with Crippen molar-refractivity contribution in [3.63, 3.8) is 0 Å². The Kier molecular flexibility index (Phi) is 6.32. The predicted molar refractivity (Wildman–Crippen MR) is 68.4 cm³/mol. The first-order valence-corrected chi connectivity index (χ1v) is 6.16. The fourth-order valence-corrected chi connectivity index (χ4v) is 1.40. The van der Waals surface area contributed by atoms with E-state index < -0.39 is 0 Å². The molecule has 0 aromatic carbocycles. The van der Waals surface area contributed by atoms with E-state index in [-0.39, 0.29) is 5.56 Å². The average molecular weight is 239 g/mol. The summed E-state index contributed by atoms with van der Waals surface area (Å²) in [6.45, 7) is 6.68. The summed E-state index contributed by atoms with van der Waals surface area (Å²) in [7, 11) is 0. The minimum absolute atomic E-state index is 0.0949. The molecule has 5 heteroatoms. The van der Waals surface area contributed by atoms with Gasteiger partial charge in [-0.1, -0.05) is 13.3 Å². The Bertz CT molecular complexity index is 376. The highest BCUT2D eigenvalue weighted by molar-refractivity contribution is 5.38. The Hall–Kier alpha value is -1.36. The Morgan fingerprint density at radius 1 is 1.41 bits per heavy atom. The second-order valence-electron chi connectivity index (χ2n) is 3.80. The monoisotopic (exact) mass is 239 g/mol. The molecule has 0 radical (unpaired) electrons. The van der Waals surface area contributed by atoms with E-state index in [1.54, 1.807) is 12.3 Å². The molecule has 0 unspecified atom stereocenters. The molecule has 17 heavy (non-hydrogen) atoms. The first kappa shape index (κ1) is 13.7. The van der Waals surface area contributed by atoms with Crippen LogP contribution in [0.4, 0.5) is 5.69 Å². The molecule has 0 bridgehead atoms. The smallest absolute Gasteiger partial charge is 0.268 e. The van der Waals surface area contributed by atoms with Crippen molar-refractivity contribution in [2.45, 2.75) is 33.2 Å². The van der Waals surface area contributed by atoms with Crippen molar-refractivity contribution in [3.05, 3.63) is 22.6 Å². The normalized spacial score (nSPS) is 10.5. The molecular formula is C12H21N3O2. The van der Waals surface area contributed by atoms with Crippen LogP contribution in [0.1, 0.15) is 26.7 Å². The van der Waals surface area contributed by atoms with Crippen LogP contribution in [0, 0.1) is 0 Å². The number of hydrogen-bond donors (Lipinski definition) is 1. The summed E-state index contributed by atoms with van der Waals surface area (Å²) in [5.74, 6) is 0. The van der Waals surface area contributed by atoms with Gasteiger partial charge in [0.05, 0.1) is 25.0 Å². The van der Waals surface area contributed by atoms with E-state index >= 15 is 0 Å². The Morgan fingerprint density at radius 2 is 2.24 bits per heavy atom. The number of nitrogens with one attached hydrogen (secondary N) is 1. The number of nitrogens with zero attached hydrogens (tertiary/aromatic N) is 2. The molecule has 1 aromatic heterocycles. The van der Waals surface area contributed by atoms with Crippen molar-refractivity contribution in [3.8, 4) is 0 Å². The van der Waals surface area contributed by atoms with Crippen molar-refractivity contribution in [2.24, 2.45) is 0 Å². The summed E-state index contributed by atoms with van der Waals surface area (Å²) in [6, 6.07) is 1.56. The zero-order valence-corrected chi connectivity index (χ0v) is 10.6. The molecule has 0 amide bonds. The molecule has 0 aliphatic carbocycles. The SMILES string of the molecule is CCCCOCCn1ncc(NCC)cc1=O. The van der Waals surface area contributed by atoms with E-state index in [9.17, 15) is 4.79 Å². The lowest BCUT2D eigenvalue weighted by molar-refractivity contribution is 0.120. The van der Waals surface area contributed by atoms with Gasteiger partial charge in [0.1, 0.15) is 0 Å². The largest absolute Gasteiger partial charge is 0.384 e. The summed E-state index contributed by atoms with van der Waals surface area (Å²) >= 11 is 0. The van der Waals surface area contributed by atoms with E-state index in [1.807, 2.05) is 6.92 Å². The molecule has 0 spiro atoms. The molecule has 0 aliphatic heterocycles. The topological polar surface area (TPSA) is 56.1 Å². The summed E-state index contributed by atoms with van der Waals surface area (Å²) in [6.07, 6.45) is 3.84. The molecular weight excluding hydrogens is 218 g/mol. The lowest BCUT2D eigenvalue weighted by Crippen LogP contribution is -2.24. The highest BCUT2D eigenvalue weighted by Gasteiger charge is 1.99. The number of aromatic nitrogens is 2. The van der Waals surface area contributed by atoms with Crippen molar-refractivity contribution in [2.75, 3.05) is 25.1 Å². The van der Waals surface area contributed by atoms with Gasteiger partial charge in [-0.3, -0.25) is 4.79 Å². The molecule has 0 atom stereocenters. The van der Waals surface area contributed by atoms with E-state index in [2.05, 4.69) is 17.3 Å². The van der Waals surface area contributed by atoms with Gasteiger partial charge < -0.3 is 10.1 Å². The minimum Gasteiger partial charge on any atom is -0.384 e. The second-order valence-corrected chi connectivity index (χ2v) is 3.80. The average Bonchev–Trinajstić information content (AvgIpc) is 2.32. The predicted octanol–water partition coefficient (Wildman–Crippen LogP) is 1.49. The lowest BCUT2D eigenvalue weighted by atomic mass is 10.4. The fraction of sp³-hybridized carbons (Fsp3) is 0.667. The van der Waals surface area contributed by atoms with Crippen molar-refractivity contribution >= 4 is 5.69 Å². The van der Waals surface area contributed by atoms with Gasteiger partial charge in [0.2, 0.25) is 0 Å². The Labute approximate surface area is 102 Å². The molecule has 0 fully saturated rings. The third-order valence-corrected chi connectivity index (χ3v) is 2.34. The van der Waals surface area contributed by atoms with Crippen molar-refractivity contribution < 1.29 is 4.74 Å². The van der Waals surface area contributed by atoms with Crippen LogP contribution in [0.2, 0.25) is 0 Å². The number of ether oxygens (including phenoxy) is 1. The van der Waals surface area contributed by atoms with E-state index in [0.29, 0.717) is 13.2 Å². The molecule has 0 saturated carbocycles. The van der Waals surface area contributed by atoms with Gasteiger partial charge in [-0.05, 0) is 13.3 Å². The maximum absolute atomic E-state index is 11.6. The number of unbranched alkanes of at least 4 members (excludes halogenated alkanes) is 1. The molecule has 1 aromatic rings. The van der Waals surface area contributed by atoms with Crippen molar-refractivity contribution in [1.82, 2.24) is 9.78 Å². The number of rotatable bonds is 8. The van der Waals surface area contributed by atoms with Gasteiger partial charge in [-0.15, -0.1) is 0 Å². The molecule has 1 rings (SSSR count). The van der Waals surface area contributed by atoms with Crippen LogP contribution in [0.5, 0.6) is 0 Å².